The first-order chi connectivity index (χ1) is 9.76. The molecule has 1 aliphatic heterocycles. The van der Waals surface area contributed by atoms with E-state index in [1.165, 1.54) is 0 Å². The number of nitrogens with zero attached hydrogens (tertiary/aromatic N) is 3. The Kier molecular flexibility index (Phi) is 9.01. The van der Waals surface area contributed by atoms with Gasteiger partial charge in [0.15, 0.2) is 4.98 Å². The van der Waals surface area contributed by atoms with E-state index in [0.29, 0.717) is 24.5 Å². The monoisotopic (exact) mass is 347 g/mol. The van der Waals surface area contributed by atoms with Gasteiger partial charge in [-0.3, -0.25) is 4.79 Å². The SMILES string of the molecule is F[B-](F)(F)F.N#[N+]c1ccc2c(c1)N(C(=O)CCCl)CC2.[H-].[Na+]. The van der Waals surface area contributed by atoms with Gasteiger partial charge in [0.2, 0.25) is 11.3 Å². The molecule has 1 aromatic rings. The van der Waals surface area contributed by atoms with Crippen molar-refractivity contribution in [3.05, 3.63) is 28.7 Å². The van der Waals surface area contributed by atoms with E-state index in [-0.39, 0.29) is 36.9 Å². The maximum absolute atomic E-state index is 11.8. The molecule has 4 nitrogen and oxygen atoms in total. The summed E-state index contributed by atoms with van der Waals surface area (Å²) >= 11 is 5.55. The summed E-state index contributed by atoms with van der Waals surface area (Å²) in [7, 11) is -6.00. The number of alkyl halides is 1. The number of fused-ring (bicyclic) bond motifs is 1. The van der Waals surface area contributed by atoms with E-state index in [9.17, 15) is 22.1 Å². The van der Waals surface area contributed by atoms with Gasteiger partial charge in [0.25, 0.3) is 0 Å². The zero-order valence-electron chi connectivity index (χ0n) is 12.8. The molecule has 0 spiro atoms. The molecule has 0 saturated carbocycles. The van der Waals surface area contributed by atoms with Gasteiger partial charge in [0.05, 0.1) is 11.8 Å². The van der Waals surface area contributed by atoms with E-state index in [4.69, 9.17) is 17.0 Å². The minimum Gasteiger partial charge on any atom is -1.00 e. The summed E-state index contributed by atoms with van der Waals surface area (Å²) in [4.78, 5) is 16.6. The topological polar surface area (TPSA) is 48.5 Å². The fourth-order valence-corrected chi connectivity index (χ4v) is 2.07. The van der Waals surface area contributed by atoms with Gasteiger partial charge in [-0.25, -0.2) is 0 Å². The van der Waals surface area contributed by atoms with E-state index >= 15 is 0 Å². The van der Waals surface area contributed by atoms with Gasteiger partial charge in [0.1, 0.15) is 0 Å². The summed E-state index contributed by atoms with van der Waals surface area (Å²) in [6.45, 7) is 0.680. The van der Waals surface area contributed by atoms with Crippen LogP contribution in [-0.4, -0.2) is 25.6 Å². The molecule has 0 saturated heterocycles. The second kappa shape index (κ2) is 9.35. The van der Waals surface area contributed by atoms with Gasteiger partial charge in [-0.05, 0) is 18.1 Å². The number of rotatable bonds is 2. The quantitative estimate of drug-likeness (QED) is 0.348. The van der Waals surface area contributed by atoms with Crippen LogP contribution in [0.5, 0.6) is 0 Å². The van der Waals surface area contributed by atoms with E-state index in [0.717, 1.165) is 17.7 Å². The van der Waals surface area contributed by atoms with Crippen molar-refractivity contribution in [2.24, 2.45) is 0 Å². The van der Waals surface area contributed by atoms with E-state index in [2.05, 4.69) is 4.98 Å². The number of benzene rings is 1. The molecule has 0 atom stereocenters. The maximum atomic E-state index is 11.8. The summed E-state index contributed by atoms with van der Waals surface area (Å²) in [6.07, 6.45) is 1.18. The molecule has 0 aromatic heterocycles. The molecule has 1 aliphatic rings. The Bertz CT molecular complexity index is 567. The third-order valence-electron chi connectivity index (χ3n) is 2.69. The van der Waals surface area contributed by atoms with Crippen LogP contribution >= 0.6 is 11.6 Å². The largest absolute Gasteiger partial charge is 1.00 e. The molecular weight excluding hydrogens is 335 g/mol. The molecule has 116 valence electrons. The van der Waals surface area contributed by atoms with Crippen LogP contribution in [-0.2, 0) is 11.2 Å². The number of hydrogen-bond donors (Lipinski definition) is 0. The van der Waals surface area contributed by atoms with Crippen LogP contribution < -0.4 is 34.5 Å². The summed E-state index contributed by atoms with van der Waals surface area (Å²) in [5.41, 5.74) is 2.41. The first kappa shape index (κ1) is 21.2. The summed E-state index contributed by atoms with van der Waals surface area (Å²) in [5.74, 6) is 0.346. The minimum absolute atomic E-state index is 0. The molecule has 0 aliphatic carbocycles. The van der Waals surface area contributed by atoms with Crippen molar-refractivity contribution in [2.75, 3.05) is 17.3 Å². The standard InChI is InChI=1S/C11H11ClN3O.BF4.Na.H/c12-5-3-11(16)15-6-4-8-1-2-9(14-13)7-10(8)15;2-1(3,4)5;;/h1-2,7H,3-6H2;;;/q+1;-1;+1;-1. The molecule has 0 bridgehead atoms. The van der Waals surface area contributed by atoms with Crippen molar-refractivity contribution in [2.45, 2.75) is 12.8 Å². The average Bonchev–Trinajstić information content (AvgIpc) is 2.79. The Balaban J connectivity index is 0. The van der Waals surface area contributed by atoms with Gasteiger partial charge in [-0.2, -0.15) is 0 Å². The van der Waals surface area contributed by atoms with Crippen LogP contribution in [0.4, 0.5) is 28.6 Å². The molecule has 1 heterocycles. The number of anilines is 1. The molecule has 22 heavy (non-hydrogen) atoms. The van der Waals surface area contributed by atoms with Gasteiger partial charge >= 0.3 is 42.5 Å². The van der Waals surface area contributed by atoms with Crippen molar-refractivity contribution < 1.29 is 53.0 Å². The average molecular weight is 347 g/mol. The Morgan fingerprint density at radius 1 is 1.41 bits per heavy atom. The van der Waals surface area contributed by atoms with Gasteiger partial charge in [-0.1, -0.05) is 0 Å². The van der Waals surface area contributed by atoms with Crippen LogP contribution in [0.25, 0.3) is 4.98 Å². The predicted octanol–water partition coefficient (Wildman–Crippen LogP) is 1.11. The number of carbonyl (C=O) groups excluding carboxylic acids is 1. The van der Waals surface area contributed by atoms with E-state index < -0.39 is 7.25 Å². The molecule has 0 fully saturated rings. The fourth-order valence-electron chi connectivity index (χ4n) is 1.90. The summed E-state index contributed by atoms with van der Waals surface area (Å²) in [5, 5.41) is 8.70. The minimum atomic E-state index is -6.00. The number of carbonyl (C=O) groups is 1. The van der Waals surface area contributed by atoms with Crippen molar-refractivity contribution in [1.82, 2.24) is 0 Å². The van der Waals surface area contributed by atoms with E-state index in [1.807, 2.05) is 6.07 Å². The Labute approximate surface area is 153 Å². The van der Waals surface area contributed by atoms with Gasteiger partial charge in [0, 0.05) is 24.9 Å². The normalized spacial score (nSPS) is 12.5. The first-order valence-corrected chi connectivity index (χ1v) is 6.51. The van der Waals surface area contributed by atoms with Crippen molar-refractivity contribution in [3.8, 4) is 0 Å². The molecular formula is C11H12BClF4N3NaO. The second-order valence-corrected chi connectivity index (χ2v) is 4.52. The molecule has 0 unspecified atom stereocenters. The maximum Gasteiger partial charge on any atom is 1.00 e. The second-order valence-electron chi connectivity index (χ2n) is 4.14. The smallest absolute Gasteiger partial charge is 1.00 e. The van der Waals surface area contributed by atoms with Crippen LogP contribution in [0.3, 0.4) is 0 Å². The van der Waals surface area contributed by atoms with Gasteiger partial charge < -0.3 is 23.6 Å². The predicted molar refractivity (Wildman–Crippen MR) is 73.9 cm³/mol. The van der Waals surface area contributed by atoms with Crippen molar-refractivity contribution in [3.63, 3.8) is 0 Å². The fraction of sp³-hybridized carbons (Fsp3) is 0.364. The molecule has 1 aromatic carbocycles. The van der Waals surface area contributed by atoms with Crippen molar-refractivity contribution >= 4 is 36.1 Å². The Morgan fingerprint density at radius 3 is 2.50 bits per heavy atom. The van der Waals surface area contributed by atoms with Gasteiger partial charge in [-0.15, -0.1) is 11.6 Å². The Morgan fingerprint density at radius 2 is 2.00 bits per heavy atom. The van der Waals surface area contributed by atoms with E-state index in [1.54, 1.807) is 17.0 Å². The van der Waals surface area contributed by atoms with Crippen molar-refractivity contribution in [1.29, 1.82) is 5.39 Å². The van der Waals surface area contributed by atoms with Crippen LogP contribution in [0.15, 0.2) is 18.2 Å². The molecule has 1 amide bonds. The summed E-state index contributed by atoms with van der Waals surface area (Å²) in [6, 6.07) is 5.33. The first-order valence-electron chi connectivity index (χ1n) is 5.98. The zero-order valence-corrected chi connectivity index (χ0v) is 14.5. The third kappa shape index (κ3) is 6.96. The third-order valence-corrected chi connectivity index (χ3v) is 2.88. The number of halogens is 5. The summed E-state index contributed by atoms with van der Waals surface area (Å²) < 4.78 is 39.0. The van der Waals surface area contributed by atoms with Crippen LogP contribution in [0.2, 0.25) is 0 Å². The molecule has 11 heteroatoms. The van der Waals surface area contributed by atoms with Crippen LogP contribution in [0, 0.1) is 5.39 Å². The molecule has 0 radical (unpaired) electrons. The number of diazo groups is 1. The number of amides is 1. The Hall–Kier alpha value is -0.815. The molecule has 2 rings (SSSR count). The molecule has 0 N–H and O–H groups in total. The zero-order chi connectivity index (χ0) is 16.0. The van der Waals surface area contributed by atoms with Crippen LogP contribution in [0.1, 0.15) is 13.4 Å². The number of hydrogen-bond acceptors (Lipinski definition) is 2.